The zero-order chi connectivity index (χ0) is 16.5. The number of carbonyl (C=O) groups is 1. The highest BCUT2D eigenvalue weighted by Gasteiger charge is 2.39. The summed E-state index contributed by atoms with van der Waals surface area (Å²) in [6, 6.07) is 8.36. The number of hydrogen-bond acceptors (Lipinski definition) is 2. The highest BCUT2D eigenvalue weighted by molar-refractivity contribution is 5.69. The van der Waals surface area contributed by atoms with Crippen LogP contribution in [0.1, 0.15) is 51.7 Å². The third kappa shape index (κ3) is 3.34. The number of hydrogen-bond donors (Lipinski definition) is 0. The van der Waals surface area contributed by atoms with E-state index in [4.69, 9.17) is 4.74 Å². The molecular formula is C19H27NO2. The van der Waals surface area contributed by atoms with Gasteiger partial charge in [0.1, 0.15) is 5.60 Å². The van der Waals surface area contributed by atoms with Crippen LogP contribution in [0.5, 0.6) is 0 Å². The second kappa shape index (κ2) is 6.15. The van der Waals surface area contributed by atoms with Gasteiger partial charge in [-0.3, -0.25) is 4.90 Å². The van der Waals surface area contributed by atoms with E-state index < -0.39 is 5.60 Å². The lowest BCUT2D eigenvalue weighted by Crippen LogP contribution is -2.50. The van der Waals surface area contributed by atoms with E-state index in [1.54, 1.807) is 0 Å². The molecule has 1 aromatic rings. The van der Waals surface area contributed by atoms with Gasteiger partial charge in [-0.1, -0.05) is 44.2 Å². The lowest BCUT2D eigenvalue weighted by Gasteiger charge is -2.43. The summed E-state index contributed by atoms with van der Waals surface area (Å²) in [5, 5.41) is 0. The van der Waals surface area contributed by atoms with E-state index in [-0.39, 0.29) is 18.1 Å². The van der Waals surface area contributed by atoms with Crippen molar-refractivity contribution >= 4 is 6.09 Å². The third-order valence-electron chi connectivity index (χ3n) is 4.05. The zero-order valence-electron chi connectivity index (χ0n) is 14.3. The molecule has 0 fully saturated rings. The fourth-order valence-electron chi connectivity index (χ4n) is 3.22. The highest BCUT2D eigenvalue weighted by Crippen LogP contribution is 2.38. The minimum absolute atomic E-state index is 0.0715. The van der Waals surface area contributed by atoms with Crippen molar-refractivity contribution in [2.45, 2.75) is 58.7 Å². The average Bonchev–Trinajstić information content (AvgIpc) is 2.43. The molecule has 120 valence electrons. The number of nitrogens with zero attached hydrogens (tertiary/aromatic N) is 1. The number of rotatable bonds is 2. The first kappa shape index (κ1) is 16.6. The van der Waals surface area contributed by atoms with Gasteiger partial charge in [0, 0.05) is 18.5 Å². The van der Waals surface area contributed by atoms with Crippen LogP contribution in [0, 0.1) is 5.92 Å². The summed E-state index contributed by atoms with van der Waals surface area (Å²) in [6.45, 7) is 14.6. The monoisotopic (exact) mass is 301 g/mol. The lowest BCUT2D eigenvalue weighted by atomic mass is 9.79. The molecule has 3 heteroatoms. The molecule has 0 unspecified atom stereocenters. The summed E-state index contributed by atoms with van der Waals surface area (Å²) in [4.78, 5) is 14.5. The molecule has 1 aliphatic heterocycles. The van der Waals surface area contributed by atoms with Crippen molar-refractivity contribution in [1.29, 1.82) is 0 Å². The summed E-state index contributed by atoms with van der Waals surface area (Å²) >= 11 is 0. The van der Waals surface area contributed by atoms with Crippen LogP contribution in [0.2, 0.25) is 0 Å². The van der Waals surface area contributed by atoms with Gasteiger partial charge in [0.15, 0.2) is 0 Å². The molecule has 0 bridgehead atoms. The van der Waals surface area contributed by atoms with E-state index >= 15 is 0 Å². The second-order valence-corrected chi connectivity index (χ2v) is 7.30. The van der Waals surface area contributed by atoms with Gasteiger partial charge in [-0.15, -0.1) is 6.58 Å². The average molecular weight is 301 g/mol. The maximum Gasteiger partial charge on any atom is 0.410 e. The molecule has 0 saturated heterocycles. The van der Waals surface area contributed by atoms with Crippen molar-refractivity contribution < 1.29 is 9.53 Å². The van der Waals surface area contributed by atoms with Gasteiger partial charge in [-0.2, -0.15) is 0 Å². The highest BCUT2D eigenvalue weighted by atomic mass is 16.6. The molecule has 1 amide bonds. The van der Waals surface area contributed by atoms with E-state index in [1.807, 2.05) is 37.8 Å². The molecule has 3 nitrogen and oxygen atoms in total. The molecule has 22 heavy (non-hydrogen) atoms. The molecule has 1 heterocycles. The third-order valence-corrected chi connectivity index (χ3v) is 4.05. The predicted octanol–water partition coefficient (Wildman–Crippen LogP) is 4.73. The van der Waals surface area contributed by atoms with Gasteiger partial charge in [-0.05, 0) is 37.8 Å². The summed E-state index contributed by atoms with van der Waals surface area (Å²) < 4.78 is 5.62. The fraction of sp³-hybridized carbons (Fsp3) is 0.526. The normalized spacial score (nSPS) is 21.5. The Morgan fingerprint density at radius 1 is 1.36 bits per heavy atom. The van der Waals surface area contributed by atoms with Crippen molar-refractivity contribution in [3.05, 3.63) is 48.0 Å². The number of fused-ring (bicyclic) bond motifs is 1. The zero-order valence-corrected chi connectivity index (χ0v) is 14.3. The maximum absolute atomic E-state index is 12.7. The van der Waals surface area contributed by atoms with Crippen molar-refractivity contribution in [2.24, 2.45) is 5.92 Å². The van der Waals surface area contributed by atoms with Crippen LogP contribution in [0.15, 0.2) is 36.9 Å². The smallest absolute Gasteiger partial charge is 0.410 e. The van der Waals surface area contributed by atoms with Gasteiger partial charge >= 0.3 is 6.09 Å². The molecule has 0 N–H and O–H groups in total. The molecule has 0 saturated carbocycles. The molecule has 0 aliphatic carbocycles. The molecule has 0 radical (unpaired) electrons. The summed E-state index contributed by atoms with van der Waals surface area (Å²) in [7, 11) is 0. The van der Waals surface area contributed by atoms with E-state index in [2.05, 4.69) is 38.6 Å². The topological polar surface area (TPSA) is 29.5 Å². The molecule has 1 aromatic carbocycles. The molecule has 1 aliphatic rings. The Hall–Kier alpha value is -1.77. The van der Waals surface area contributed by atoms with Crippen LogP contribution in [0.25, 0.3) is 0 Å². The van der Waals surface area contributed by atoms with Gasteiger partial charge in [0.05, 0.1) is 0 Å². The van der Waals surface area contributed by atoms with Gasteiger partial charge in [0.25, 0.3) is 0 Å². The molecule has 2 rings (SSSR count). The quantitative estimate of drug-likeness (QED) is 0.739. The first-order valence-electron chi connectivity index (χ1n) is 7.94. The number of carbonyl (C=O) groups excluding carboxylic acids is 1. The fourth-order valence-corrected chi connectivity index (χ4v) is 3.22. The van der Waals surface area contributed by atoms with Crippen molar-refractivity contribution in [3.63, 3.8) is 0 Å². The molecule has 0 aromatic heterocycles. The Morgan fingerprint density at radius 2 is 2.00 bits per heavy atom. The second-order valence-electron chi connectivity index (χ2n) is 7.30. The van der Waals surface area contributed by atoms with Crippen molar-refractivity contribution in [1.82, 2.24) is 4.90 Å². The summed E-state index contributed by atoms with van der Waals surface area (Å²) in [6.07, 6.45) is 1.72. The molecule has 2 atom stereocenters. The molecular weight excluding hydrogens is 274 g/mol. The molecule has 0 spiro atoms. The minimum atomic E-state index is -0.487. The summed E-state index contributed by atoms with van der Waals surface area (Å²) in [5.74, 6) is 0.460. The SMILES string of the molecule is C=C[C@@H]1c2ccccc2CN(C(=O)OC(C)(C)C)[C@H]1C(C)C. The van der Waals surface area contributed by atoms with Gasteiger partial charge in [-0.25, -0.2) is 4.79 Å². The van der Waals surface area contributed by atoms with Crippen LogP contribution < -0.4 is 0 Å². The first-order chi connectivity index (χ1) is 10.2. The van der Waals surface area contributed by atoms with E-state index in [1.165, 1.54) is 11.1 Å². The Bertz CT molecular complexity index is 557. The van der Waals surface area contributed by atoms with Crippen LogP contribution in [0.4, 0.5) is 4.79 Å². The van der Waals surface area contributed by atoms with Crippen LogP contribution in [-0.4, -0.2) is 22.6 Å². The Kier molecular flexibility index (Phi) is 4.64. The van der Waals surface area contributed by atoms with Crippen LogP contribution in [-0.2, 0) is 11.3 Å². The predicted molar refractivity (Wildman–Crippen MR) is 89.8 cm³/mol. The lowest BCUT2D eigenvalue weighted by molar-refractivity contribution is 0.00409. The number of amides is 1. The van der Waals surface area contributed by atoms with Crippen molar-refractivity contribution in [2.75, 3.05) is 0 Å². The largest absolute Gasteiger partial charge is 0.444 e. The summed E-state index contributed by atoms with van der Waals surface area (Å²) in [5.41, 5.74) is 1.96. The van der Waals surface area contributed by atoms with Crippen LogP contribution in [0.3, 0.4) is 0 Å². The van der Waals surface area contributed by atoms with Gasteiger partial charge < -0.3 is 4.74 Å². The maximum atomic E-state index is 12.7. The van der Waals surface area contributed by atoms with E-state index in [0.717, 1.165) is 0 Å². The number of ether oxygens (including phenoxy) is 1. The number of benzene rings is 1. The first-order valence-corrected chi connectivity index (χ1v) is 7.94. The van der Waals surface area contributed by atoms with E-state index in [9.17, 15) is 4.79 Å². The standard InChI is InChI=1S/C19H27NO2/c1-7-15-16-11-9-8-10-14(16)12-20(17(15)13(2)3)18(21)22-19(4,5)6/h7-11,13,15,17H,1,12H2,2-6H3/t15-,17+/m1/s1. The minimum Gasteiger partial charge on any atom is -0.444 e. The van der Waals surface area contributed by atoms with Gasteiger partial charge in [0.2, 0.25) is 0 Å². The van der Waals surface area contributed by atoms with Crippen molar-refractivity contribution in [3.8, 4) is 0 Å². The van der Waals surface area contributed by atoms with E-state index in [0.29, 0.717) is 12.5 Å². The Morgan fingerprint density at radius 3 is 2.55 bits per heavy atom. The Balaban J connectivity index is 2.41. The van der Waals surface area contributed by atoms with Crippen LogP contribution >= 0.6 is 0 Å². The Labute approximate surface area is 134 Å².